The minimum Gasteiger partial charge on any atom is -0.508 e. The van der Waals surface area contributed by atoms with E-state index in [-0.39, 0.29) is 11.8 Å². The summed E-state index contributed by atoms with van der Waals surface area (Å²) in [6.07, 6.45) is 5.26. The second-order valence-corrected chi connectivity index (χ2v) is 3.42. The van der Waals surface area contributed by atoms with E-state index in [0.717, 1.165) is 5.56 Å². The van der Waals surface area contributed by atoms with Crippen molar-refractivity contribution in [3.63, 3.8) is 0 Å². The molecule has 78 valence electrons. The average Bonchev–Trinajstić information content (AvgIpc) is 2.71. The van der Waals surface area contributed by atoms with Gasteiger partial charge in [-0.1, -0.05) is 18.2 Å². The molecule has 0 aliphatic carbocycles. The minimum absolute atomic E-state index is 0.222. The van der Waals surface area contributed by atoms with Crippen molar-refractivity contribution in [1.82, 2.24) is 9.55 Å². The van der Waals surface area contributed by atoms with E-state index in [9.17, 15) is 5.11 Å². The number of nitrogens with zero attached hydrogens (tertiary/aromatic N) is 2. The van der Waals surface area contributed by atoms with Crippen molar-refractivity contribution in [1.29, 1.82) is 0 Å². The molecule has 0 aliphatic rings. The summed E-state index contributed by atoms with van der Waals surface area (Å²) < 4.78 is 1.89. The standard InChI is InChI=1S/C11H13N3O/c12-10(7-14-6-5-13-8-14)9-3-1-2-4-11(9)15/h1-6,8,10,15H,7,12H2. The molecule has 1 aromatic carbocycles. The van der Waals surface area contributed by atoms with Crippen molar-refractivity contribution in [2.24, 2.45) is 5.73 Å². The fourth-order valence-electron chi connectivity index (χ4n) is 1.52. The fourth-order valence-corrected chi connectivity index (χ4v) is 1.52. The molecule has 2 rings (SSSR count). The maximum atomic E-state index is 9.60. The SMILES string of the molecule is NC(Cn1ccnc1)c1ccccc1O. The molecule has 0 saturated heterocycles. The number of phenolic OH excluding ortho intramolecular Hbond substituents is 1. The predicted octanol–water partition coefficient (Wildman–Crippen LogP) is 1.29. The second kappa shape index (κ2) is 4.14. The largest absolute Gasteiger partial charge is 0.508 e. The van der Waals surface area contributed by atoms with Gasteiger partial charge in [0.15, 0.2) is 0 Å². The average molecular weight is 203 g/mol. The normalized spacial score (nSPS) is 12.6. The molecule has 4 nitrogen and oxygen atoms in total. The van der Waals surface area contributed by atoms with E-state index in [1.54, 1.807) is 24.7 Å². The first-order valence-electron chi connectivity index (χ1n) is 4.76. The molecular formula is C11H13N3O. The van der Waals surface area contributed by atoms with Crippen LogP contribution in [0.4, 0.5) is 0 Å². The first-order valence-corrected chi connectivity index (χ1v) is 4.76. The lowest BCUT2D eigenvalue weighted by Crippen LogP contribution is -2.16. The van der Waals surface area contributed by atoms with Crippen LogP contribution in [0.5, 0.6) is 5.75 Å². The van der Waals surface area contributed by atoms with Gasteiger partial charge in [-0.3, -0.25) is 0 Å². The van der Waals surface area contributed by atoms with Gasteiger partial charge in [-0.2, -0.15) is 0 Å². The summed E-state index contributed by atoms with van der Waals surface area (Å²) in [5.41, 5.74) is 6.73. The van der Waals surface area contributed by atoms with Gasteiger partial charge >= 0.3 is 0 Å². The molecule has 0 saturated carbocycles. The highest BCUT2D eigenvalue weighted by Crippen LogP contribution is 2.22. The molecule has 15 heavy (non-hydrogen) atoms. The summed E-state index contributed by atoms with van der Waals surface area (Å²) in [6.45, 7) is 0.609. The Morgan fingerprint density at radius 3 is 2.87 bits per heavy atom. The lowest BCUT2D eigenvalue weighted by atomic mass is 10.1. The van der Waals surface area contributed by atoms with Crippen LogP contribution >= 0.6 is 0 Å². The van der Waals surface area contributed by atoms with E-state index in [1.165, 1.54) is 0 Å². The summed E-state index contributed by atoms with van der Waals surface area (Å²) in [6, 6.07) is 6.89. The van der Waals surface area contributed by atoms with Crippen molar-refractivity contribution in [3.05, 3.63) is 48.5 Å². The predicted molar refractivity (Wildman–Crippen MR) is 57.3 cm³/mol. The minimum atomic E-state index is -0.222. The van der Waals surface area contributed by atoms with E-state index >= 15 is 0 Å². The Hall–Kier alpha value is -1.81. The van der Waals surface area contributed by atoms with Crippen LogP contribution in [0.15, 0.2) is 43.0 Å². The number of aromatic nitrogens is 2. The molecule has 3 N–H and O–H groups in total. The van der Waals surface area contributed by atoms with Gasteiger partial charge in [-0.05, 0) is 6.07 Å². The third kappa shape index (κ3) is 2.16. The van der Waals surface area contributed by atoms with Crippen molar-refractivity contribution >= 4 is 0 Å². The number of nitrogens with two attached hydrogens (primary N) is 1. The third-order valence-electron chi connectivity index (χ3n) is 2.30. The monoisotopic (exact) mass is 203 g/mol. The number of aromatic hydroxyl groups is 1. The summed E-state index contributed by atoms with van der Waals surface area (Å²) in [5.74, 6) is 0.241. The molecule has 0 fully saturated rings. The summed E-state index contributed by atoms with van der Waals surface area (Å²) in [5, 5.41) is 9.60. The van der Waals surface area contributed by atoms with Crippen LogP contribution < -0.4 is 5.73 Å². The van der Waals surface area contributed by atoms with Gasteiger partial charge in [-0.15, -0.1) is 0 Å². The fraction of sp³-hybridized carbons (Fsp3) is 0.182. The Labute approximate surface area is 88.0 Å². The molecule has 4 heteroatoms. The van der Waals surface area contributed by atoms with Crippen molar-refractivity contribution < 1.29 is 5.11 Å². The van der Waals surface area contributed by atoms with Gasteiger partial charge in [0, 0.05) is 24.5 Å². The Balaban J connectivity index is 2.15. The van der Waals surface area contributed by atoms with Gasteiger partial charge in [0.2, 0.25) is 0 Å². The van der Waals surface area contributed by atoms with Crippen LogP contribution in [0.1, 0.15) is 11.6 Å². The molecule has 0 spiro atoms. The summed E-state index contributed by atoms with van der Waals surface area (Å²) in [7, 11) is 0. The van der Waals surface area contributed by atoms with Crippen LogP contribution in [0.2, 0.25) is 0 Å². The molecule has 1 atom stereocenters. The maximum absolute atomic E-state index is 9.60. The van der Waals surface area contributed by atoms with E-state index in [1.807, 2.05) is 22.9 Å². The summed E-state index contributed by atoms with van der Waals surface area (Å²) in [4.78, 5) is 3.94. The number of hydrogen-bond donors (Lipinski definition) is 2. The van der Waals surface area contributed by atoms with Crippen LogP contribution in [0, 0.1) is 0 Å². The van der Waals surface area contributed by atoms with Crippen molar-refractivity contribution in [2.45, 2.75) is 12.6 Å². The molecule has 0 amide bonds. The Kier molecular flexibility index (Phi) is 2.69. The number of para-hydroxylation sites is 1. The molecule has 0 aliphatic heterocycles. The topological polar surface area (TPSA) is 64.1 Å². The van der Waals surface area contributed by atoms with Crippen LogP contribution in [-0.2, 0) is 6.54 Å². The highest BCUT2D eigenvalue weighted by Gasteiger charge is 2.10. The third-order valence-corrected chi connectivity index (χ3v) is 2.30. The van der Waals surface area contributed by atoms with Crippen LogP contribution in [0.25, 0.3) is 0 Å². The lowest BCUT2D eigenvalue weighted by molar-refractivity contribution is 0.453. The first kappa shape index (κ1) is 9.73. The zero-order valence-electron chi connectivity index (χ0n) is 8.24. The second-order valence-electron chi connectivity index (χ2n) is 3.42. The van der Waals surface area contributed by atoms with Gasteiger partial charge in [0.05, 0.1) is 12.4 Å². The molecule has 1 unspecified atom stereocenters. The number of imidazole rings is 1. The maximum Gasteiger partial charge on any atom is 0.120 e. The number of rotatable bonds is 3. The molecule has 0 bridgehead atoms. The lowest BCUT2D eigenvalue weighted by Gasteiger charge is -2.13. The molecule has 0 radical (unpaired) electrons. The smallest absolute Gasteiger partial charge is 0.120 e. The van der Waals surface area contributed by atoms with Crippen molar-refractivity contribution in [3.8, 4) is 5.75 Å². The molecule has 1 heterocycles. The molecule has 1 aromatic heterocycles. The zero-order chi connectivity index (χ0) is 10.7. The van der Waals surface area contributed by atoms with Gasteiger partial charge in [-0.25, -0.2) is 4.98 Å². The van der Waals surface area contributed by atoms with E-state index in [2.05, 4.69) is 4.98 Å². The Morgan fingerprint density at radius 2 is 2.20 bits per heavy atom. The summed E-state index contributed by atoms with van der Waals surface area (Å²) >= 11 is 0. The number of hydrogen-bond acceptors (Lipinski definition) is 3. The highest BCUT2D eigenvalue weighted by atomic mass is 16.3. The molecule has 2 aromatic rings. The highest BCUT2D eigenvalue weighted by molar-refractivity contribution is 5.34. The first-order chi connectivity index (χ1) is 7.27. The van der Waals surface area contributed by atoms with E-state index < -0.39 is 0 Å². The number of phenols is 1. The molecular weight excluding hydrogens is 190 g/mol. The zero-order valence-corrected chi connectivity index (χ0v) is 8.24. The Bertz CT molecular complexity index is 425. The van der Waals surface area contributed by atoms with E-state index in [0.29, 0.717) is 6.54 Å². The van der Waals surface area contributed by atoms with E-state index in [4.69, 9.17) is 5.73 Å². The van der Waals surface area contributed by atoms with Crippen LogP contribution in [0.3, 0.4) is 0 Å². The van der Waals surface area contributed by atoms with Gasteiger partial charge in [0.1, 0.15) is 5.75 Å². The van der Waals surface area contributed by atoms with Gasteiger partial charge in [0.25, 0.3) is 0 Å². The van der Waals surface area contributed by atoms with Crippen molar-refractivity contribution in [2.75, 3.05) is 0 Å². The number of benzene rings is 1. The quantitative estimate of drug-likeness (QED) is 0.790. The van der Waals surface area contributed by atoms with Crippen LogP contribution in [-0.4, -0.2) is 14.7 Å². The Morgan fingerprint density at radius 1 is 1.40 bits per heavy atom. The van der Waals surface area contributed by atoms with Gasteiger partial charge < -0.3 is 15.4 Å².